The van der Waals surface area contributed by atoms with Crippen LogP contribution < -0.4 is 56.8 Å². The van der Waals surface area contributed by atoms with Crippen molar-refractivity contribution in [2.24, 2.45) is 0 Å². The Morgan fingerprint density at radius 1 is 0.284 bits per heavy atom. The van der Waals surface area contributed by atoms with E-state index in [1.54, 1.807) is 158 Å². The fourth-order valence-corrected chi connectivity index (χ4v) is 12.3. The molecular weight excluding hydrogens is 1190 g/mol. The van der Waals surface area contributed by atoms with Gasteiger partial charge in [-0.15, -0.1) is 0 Å². The maximum absolute atomic E-state index is 11.0. The largest absolute Gasteiger partial charge is 0.466 e. The summed E-state index contributed by atoms with van der Waals surface area (Å²) in [4.78, 5) is 0. The Morgan fingerprint density at radius 2 is 0.526 bits per heavy atom. The van der Waals surface area contributed by atoms with Gasteiger partial charge in [-0.25, -0.2) is 0 Å². The van der Waals surface area contributed by atoms with Gasteiger partial charge in [0.15, 0.2) is 23.0 Å². The third-order valence-corrected chi connectivity index (χ3v) is 16.2. The van der Waals surface area contributed by atoms with E-state index in [4.69, 9.17) is 56.8 Å². The molecule has 95 heavy (non-hydrogen) atoms. The number of nitrogens with zero attached hydrogens (tertiary/aromatic N) is 3. The average Bonchev–Trinajstić information content (AvgIpc) is 1.52. The van der Waals surface area contributed by atoms with Crippen molar-refractivity contribution < 1.29 is 56.8 Å². The first-order valence-corrected chi connectivity index (χ1v) is 30.1. The molecule has 468 valence electrons. The van der Waals surface area contributed by atoms with Crippen LogP contribution in [0.1, 0.15) is 79.5 Å². The molecule has 0 amide bonds. The maximum atomic E-state index is 11.0. The van der Waals surface area contributed by atoms with E-state index < -0.39 is 16.2 Å². The fraction of sp³-hybridized carbons (Fsp3) is 0.113. The van der Waals surface area contributed by atoms with Crippen molar-refractivity contribution in [3.05, 3.63) is 290 Å². The van der Waals surface area contributed by atoms with Crippen LogP contribution in [0, 0.1) is 34.0 Å². The Morgan fingerprint density at radius 3 is 0.832 bits per heavy atom. The number of fused-ring (bicyclic) bond motifs is 4. The number of nitriles is 3. The second-order valence-corrected chi connectivity index (χ2v) is 23.4. The molecule has 0 aromatic heterocycles. The minimum atomic E-state index is -0.752. The summed E-state index contributed by atoms with van der Waals surface area (Å²) in [6, 6.07) is 65.5. The first-order valence-electron chi connectivity index (χ1n) is 30.1. The van der Waals surface area contributed by atoms with Crippen LogP contribution >= 0.6 is 0 Å². The average molecular weight is 1260 g/mol. The third-order valence-electron chi connectivity index (χ3n) is 16.2. The zero-order valence-electron chi connectivity index (χ0n) is 52.3. The van der Waals surface area contributed by atoms with Crippen LogP contribution in [0.25, 0.3) is 0 Å². The lowest BCUT2D eigenvalue weighted by molar-refractivity contribution is 0.349. The zero-order valence-corrected chi connectivity index (χ0v) is 52.3. The van der Waals surface area contributed by atoms with Crippen LogP contribution in [-0.2, 0) is 16.2 Å². The highest BCUT2D eigenvalue weighted by molar-refractivity contribution is 5.69. The molecule has 15 heteroatoms. The van der Waals surface area contributed by atoms with Crippen LogP contribution in [0.2, 0.25) is 0 Å². The van der Waals surface area contributed by atoms with Crippen LogP contribution in [0.15, 0.2) is 252 Å². The smallest absolute Gasteiger partial charge is 0.170 e. The number of hydrogen-bond donors (Lipinski definition) is 0. The van der Waals surface area contributed by atoms with E-state index in [0.717, 1.165) is 22.3 Å². The zero-order chi connectivity index (χ0) is 66.3. The Bertz CT molecular complexity index is 4730. The lowest BCUT2D eigenvalue weighted by atomic mass is 9.72. The lowest BCUT2D eigenvalue weighted by Crippen LogP contribution is -2.27. The Hall–Kier alpha value is -12.8. The molecular formula is C80H61N3O12. The summed E-state index contributed by atoms with van der Waals surface area (Å²) in [6.07, 6.45) is 6.57. The molecule has 0 aliphatic heterocycles. The van der Waals surface area contributed by atoms with Gasteiger partial charge >= 0.3 is 0 Å². The summed E-state index contributed by atoms with van der Waals surface area (Å²) in [5.74, 6) is 7.60. The SMILES string of the molecule is C=COc1ccc(Oc2cccc(Oc3cc4c(cc3Oc3cccc(Oc5ccc(OC=C)cc5)c3C#N)C3(CC4(C)C)CC(C)(C)c4cc(Oc5cccc(Oc6ccc(OC=C)cc6)c5C#N)c(Oc5cccc(Oc6ccc(OC=C)cc6)c5C#N)cc43)c2)cc1. The minimum absolute atomic E-state index is 0.104. The monoisotopic (exact) mass is 1260 g/mol. The number of hydrogen-bond acceptors (Lipinski definition) is 15. The van der Waals surface area contributed by atoms with Crippen molar-refractivity contribution >= 4 is 0 Å². The van der Waals surface area contributed by atoms with E-state index in [1.165, 1.54) is 25.0 Å². The molecule has 15 nitrogen and oxygen atoms in total. The highest BCUT2D eigenvalue weighted by Gasteiger charge is 2.57. The topological polar surface area (TPSA) is 182 Å². The van der Waals surface area contributed by atoms with Gasteiger partial charge in [0.2, 0.25) is 0 Å². The van der Waals surface area contributed by atoms with Crippen LogP contribution in [0.5, 0.6) is 115 Å². The number of benzene rings is 10. The molecule has 1 spiro atoms. The Labute approximate surface area is 550 Å². The van der Waals surface area contributed by atoms with Crippen LogP contribution in [-0.4, -0.2) is 0 Å². The van der Waals surface area contributed by atoms with E-state index in [0.29, 0.717) is 81.8 Å². The predicted molar refractivity (Wildman–Crippen MR) is 359 cm³/mol. The summed E-state index contributed by atoms with van der Waals surface area (Å²) in [7, 11) is 0. The fourth-order valence-electron chi connectivity index (χ4n) is 12.3. The predicted octanol–water partition coefficient (Wildman–Crippen LogP) is 21.4. The molecule has 0 fully saturated rings. The van der Waals surface area contributed by atoms with Gasteiger partial charge in [-0.3, -0.25) is 0 Å². The van der Waals surface area contributed by atoms with Crippen molar-refractivity contribution in [3.63, 3.8) is 0 Å². The minimum Gasteiger partial charge on any atom is -0.466 e. The van der Waals surface area contributed by atoms with E-state index in [-0.39, 0.29) is 62.7 Å². The van der Waals surface area contributed by atoms with Gasteiger partial charge in [-0.2, -0.15) is 15.8 Å². The van der Waals surface area contributed by atoms with Crippen molar-refractivity contribution in [1.82, 2.24) is 0 Å². The molecule has 0 radical (unpaired) electrons. The molecule has 0 saturated heterocycles. The van der Waals surface area contributed by atoms with Gasteiger partial charge < -0.3 is 56.8 Å². The standard InChI is InChI=1S/C80H61N3O12/c1-9-84-51-25-33-55(34-26-51)88-59-17-13-18-60(41-59)92-74-42-64-66(44-76(74)94-72-23-15-20-69(62(72)47-82)90-57-37-29-53(30-38-57)86-11-3)80(49-78(64,5)6)50-79(7,8)65-43-75(93-71-22-14-19-68(61(71)46-81)89-56-35-27-52(28-36-56)85-10-2)77(45-67(65)80)95-73-24-16-21-70(63(73)48-83)91-58-39-31-54(32-40-58)87-12-4/h9-45H,1-4,49-50H2,5-8H3. The van der Waals surface area contributed by atoms with Crippen LogP contribution in [0.3, 0.4) is 0 Å². The van der Waals surface area contributed by atoms with E-state index in [1.807, 2.05) is 42.5 Å². The molecule has 0 heterocycles. The van der Waals surface area contributed by atoms with Gasteiger partial charge in [-0.1, -0.05) is 78.3 Å². The Kier molecular flexibility index (Phi) is 17.5. The van der Waals surface area contributed by atoms with Gasteiger partial charge in [0.1, 0.15) is 127 Å². The first kappa shape index (κ1) is 62.4. The molecule has 10 aromatic rings. The highest BCUT2D eigenvalue weighted by atomic mass is 16.5. The number of ether oxygens (including phenoxy) is 12. The van der Waals surface area contributed by atoms with Crippen molar-refractivity contribution in [2.45, 2.75) is 56.8 Å². The third kappa shape index (κ3) is 13.1. The van der Waals surface area contributed by atoms with E-state index >= 15 is 0 Å². The highest BCUT2D eigenvalue weighted by Crippen LogP contribution is 2.66. The second kappa shape index (κ2) is 26.6. The molecule has 12 rings (SSSR count). The molecule has 0 bridgehead atoms. The van der Waals surface area contributed by atoms with Gasteiger partial charge in [0, 0.05) is 11.5 Å². The van der Waals surface area contributed by atoms with Crippen molar-refractivity contribution in [3.8, 4) is 133 Å². The van der Waals surface area contributed by atoms with Crippen LogP contribution in [0.4, 0.5) is 0 Å². The Balaban J connectivity index is 0.994. The quantitative estimate of drug-likeness (QED) is 0.0521. The van der Waals surface area contributed by atoms with Gasteiger partial charge in [0.05, 0.1) is 25.0 Å². The summed E-state index contributed by atoms with van der Waals surface area (Å²) >= 11 is 0. The maximum Gasteiger partial charge on any atom is 0.170 e. The molecule has 2 aliphatic carbocycles. The van der Waals surface area contributed by atoms with Crippen molar-refractivity contribution in [1.29, 1.82) is 15.8 Å². The number of rotatable bonds is 24. The summed E-state index contributed by atoms with van der Waals surface area (Å²) in [5.41, 5.74) is 2.35. The summed E-state index contributed by atoms with van der Waals surface area (Å²) < 4.78 is 75.0. The second-order valence-electron chi connectivity index (χ2n) is 23.4. The van der Waals surface area contributed by atoms with Crippen molar-refractivity contribution in [2.75, 3.05) is 0 Å². The summed E-state index contributed by atoms with van der Waals surface area (Å²) in [6.45, 7) is 23.4. The van der Waals surface area contributed by atoms with E-state index in [2.05, 4.69) is 72.2 Å². The molecule has 0 N–H and O–H groups in total. The lowest BCUT2D eigenvalue weighted by Gasteiger charge is -2.31. The first-order chi connectivity index (χ1) is 46.1. The molecule has 2 aliphatic rings. The summed E-state index contributed by atoms with van der Waals surface area (Å²) in [5, 5.41) is 32.8. The molecule has 0 saturated carbocycles. The van der Waals surface area contributed by atoms with Gasteiger partial charge in [0.25, 0.3) is 0 Å². The molecule has 1 unspecified atom stereocenters. The molecule has 1 atom stereocenters. The molecule has 10 aromatic carbocycles. The van der Waals surface area contributed by atoms with Gasteiger partial charge in [-0.05, 0) is 216 Å². The van der Waals surface area contributed by atoms with E-state index in [9.17, 15) is 15.8 Å². The normalized spacial score (nSPS) is 14.2.